The Morgan fingerprint density at radius 2 is 1.95 bits per heavy atom. The number of rotatable bonds is 3. The third kappa shape index (κ3) is 2.63. The second-order valence-corrected chi connectivity index (χ2v) is 4.92. The summed E-state index contributed by atoms with van der Waals surface area (Å²) in [5.74, 6) is 0.537. The van der Waals surface area contributed by atoms with E-state index in [1.165, 1.54) is 12.4 Å². The van der Waals surface area contributed by atoms with E-state index in [2.05, 4.69) is 9.97 Å². The van der Waals surface area contributed by atoms with Crippen molar-refractivity contribution in [3.63, 3.8) is 0 Å². The van der Waals surface area contributed by atoms with Gasteiger partial charge in [0.15, 0.2) is 0 Å². The van der Waals surface area contributed by atoms with Crippen LogP contribution in [0.3, 0.4) is 0 Å². The van der Waals surface area contributed by atoms with E-state index in [1.807, 2.05) is 30.1 Å². The number of benzene rings is 2. The molecule has 0 saturated heterocycles. The highest BCUT2D eigenvalue weighted by Crippen LogP contribution is 2.25. The fraction of sp³-hybridized carbons (Fsp3) is 0.125. The molecule has 106 valence electrons. The third-order valence-corrected chi connectivity index (χ3v) is 3.37. The average Bonchev–Trinajstić information content (AvgIpc) is 2.48. The number of hydrogen-bond acceptors (Lipinski definition) is 4. The highest BCUT2D eigenvalue weighted by molar-refractivity contribution is 5.91. The van der Waals surface area contributed by atoms with Crippen molar-refractivity contribution in [3.8, 4) is 0 Å². The molecule has 21 heavy (non-hydrogen) atoms. The Labute approximate surface area is 122 Å². The number of halogens is 1. The molecule has 0 saturated carbocycles. The maximum Gasteiger partial charge on any atom is 0.139 e. The van der Waals surface area contributed by atoms with Gasteiger partial charge >= 0.3 is 0 Å². The zero-order valence-corrected chi connectivity index (χ0v) is 11.6. The second kappa shape index (κ2) is 5.36. The normalized spacial score (nSPS) is 10.8. The minimum atomic E-state index is -0.216. The Kier molecular flexibility index (Phi) is 3.39. The molecule has 0 aliphatic carbocycles. The van der Waals surface area contributed by atoms with Crippen molar-refractivity contribution in [2.45, 2.75) is 6.54 Å². The van der Waals surface area contributed by atoms with E-state index in [1.54, 1.807) is 18.2 Å². The third-order valence-electron chi connectivity index (χ3n) is 3.37. The zero-order chi connectivity index (χ0) is 14.8. The van der Waals surface area contributed by atoms with E-state index in [-0.39, 0.29) is 5.82 Å². The summed E-state index contributed by atoms with van der Waals surface area (Å²) in [6.45, 7) is 0.434. The van der Waals surface area contributed by atoms with Crippen LogP contribution >= 0.6 is 0 Å². The zero-order valence-electron chi connectivity index (χ0n) is 11.6. The van der Waals surface area contributed by atoms with E-state index < -0.39 is 0 Å². The molecule has 4 nitrogen and oxygen atoms in total. The van der Waals surface area contributed by atoms with Gasteiger partial charge in [-0.2, -0.15) is 0 Å². The number of nitrogen functional groups attached to an aromatic ring is 1. The summed E-state index contributed by atoms with van der Waals surface area (Å²) < 4.78 is 13.8. The van der Waals surface area contributed by atoms with Crippen molar-refractivity contribution in [3.05, 3.63) is 60.2 Å². The van der Waals surface area contributed by atoms with Crippen molar-refractivity contribution in [2.75, 3.05) is 17.7 Å². The van der Waals surface area contributed by atoms with E-state index >= 15 is 0 Å². The van der Waals surface area contributed by atoms with Gasteiger partial charge in [0, 0.05) is 30.2 Å². The predicted molar refractivity (Wildman–Crippen MR) is 82.5 cm³/mol. The van der Waals surface area contributed by atoms with Gasteiger partial charge in [-0.3, -0.25) is 0 Å². The molecule has 0 radical (unpaired) electrons. The second-order valence-electron chi connectivity index (χ2n) is 4.92. The number of aromatic nitrogens is 2. The van der Waals surface area contributed by atoms with Crippen molar-refractivity contribution < 1.29 is 4.39 Å². The monoisotopic (exact) mass is 282 g/mol. The maximum absolute atomic E-state index is 13.8. The van der Waals surface area contributed by atoms with Gasteiger partial charge in [-0.1, -0.05) is 18.2 Å². The largest absolute Gasteiger partial charge is 0.399 e. The molecule has 0 aliphatic heterocycles. The minimum absolute atomic E-state index is 0.216. The first-order valence-electron chi connectivity index (χ1n) is 6.60. The fourth-order valence-corrected chi connectivity index (χ4v) is 2.32. The lowest BCUT2D eigenvalue weighted by Crippen LogP contribution is -2.19. The molecule has 1 heterocycles. The lowest BCUT2D eigenvalue weighted by atomic mass is 10.1. The van der Waals surface area contributed by atoms with E-state index in [9.17, 15) is 4.39 Å². The predicted octanol–water partition coefficient (Wildman–Crippen LogP) is 2.99. The Balaban J connectivity index is 1.98. The van der Waals surface area contributed by atoms with Crippen LogP contribution in [0.25, 0.3) is 10.9 Å². The van der Waals surface area contributed by atoms with Crippen LogP contribution in [-0.2, 0) is 6.54 Å². The summed E-state index contributed by atoms with van der Waals surface area (Å²) in [5, 5.41) is 0.894. The summed E-state index contributed by atoms with van der Waals surface area (Å²) in [5.41, 5.74) is 7.83. The molecule has 0 fully saturated rings. The molecule has 0 amide bonds. The van der Waals surface area contributed by atoms with Crippen LogP contribution in [0.2, 0.25) is 0 Å². The smallest absolute Gasteiger partial charge is 0.139 e. The van der Waals surface area contributed by atoms with E-state index in [0.29, 0.717) is 17.8 Å². The van der Waals surface area contributed by atoms with E-state index in [4.69, 9.17) is 5.73 Å². The van der Waals surface area contributed by atoms with Crippen molar-refractivity contribution in [1.82, 2.24) is 9.97 Å². The minimum Gasteiger partial charge on any atom is -0.399 e. The molecule has 2 N–H and O–H groups in total. The summed E-state index contributed by atoms with van der Waals surface area (Å²) >= 11 is 0. The van der Waals surface area contributed by atoms with Gasteiger partial charge in [0.05, 0.1) is 5.52 Å². The van der Waals surface area contributed by atoms with Gasteiger partial charge in [-0.05, 0) is 24.3 Å². The summed E-state index contributed by atoms with van der Waals surface area (Å²) in [6, 6.07) is 12.2. The molecule has 0 bridgehead atoms. The van der Waals surface area contributed by atoms with Crippen LogP contribution in [0.5, 0.6) is 0 Å². The van der Waals surface area contributed by atoms with Gasteiger partial charge < -0.3 is 10.6 Å². The number of hydrogen-bond donors (Lipinski definition) is 1. The Morgan fingerprint density at radius 1 is 1.14 bits per heavy atom. The number of fused-ring (bicyclic) bond motifs is 1. The molecule has 0 spiro atoms. The van der Waals surface area contributed by atoms with Crippen LogP contribution in [0, 0.1) is 5.82 Å². The van der Waals surface area contributed by atoms with Crippen LogP contribution in [0.1, 0.15) is 5.56 Å². The lowest BCUT2D eigenvalue weighted by molar-refractivity contribution is 0.607. The van der Waals surface area contributed by atoms with Gasteiger partial charge in [0.1, 0.15) is 18.0 Å². The maximum atomic E-state index is 13.8. The molecule has 5 heteroatoms. The highest BCUT2D eigenvalue weighted by Gasteiger charge is 2.11. The first-order valence-corrected chi connectivity index (χ1v) is 6.60. The van der Waals surface area contributed by atoms with E-state index in [0.717, 1.165) is 16.7 Å². The number of anilines is 2. The molecular weight excluding hydrogens is 267 g/mol. The van der Waals surface area contributed by atoms with Crippen molar-refractivity contribution in [1.29, 1.82) is 0 Å². The Bertz CT molecular complexity index is 788. The van der Waals surface area contributed by atoms with Crippen molar-refractivity contribution >= 4 is 22.4 Å². The highest BCUT2D eigenvalue weighted by atomic mass is 19.1. The SMILES string of the molecule is CN(Cc1ccccc1F)c1ncnc2cc(N)ccc12. The molecule has 3 aromatic rings. The molecule has 2 aromatic carbocycles. The molecule has 0 unspecified atom stereocenters. The first kappa shape index (κ1) is 13.3. The van der Waals surface area contributed by atoms with Crippen molar-refractivity contribution in [2.24, 2.45) is 0 Å². The van der Waals surface area contributed by atoms with Crippen LogP contribution in [-0.4, -0.2) is 17.0 Å². The first-order chi connectivity index (χ1) is 10.1. The Hall–Kier alpha value is -2.69. The molecular formula is C16H15FN4. The molecule has 1 aromatic heterocycles. The quantitative estimate of drug-likeness (QED) is 0.750. The van der Waals surface area contributed by atoms with Gasteiger partial charge in [-0.25, -0.2) is 14.4 Å². The summed E-state index contributed by atoms with van der Waals surface area (Å²) in [6.07, 6.45) is 1.49. The molecule has 0 aliphatic rings. The van der Waals surface area contributed by atoms with Crippen LogP contribution < -0.4 is 10.6 Å². The Morgan fingerprint density at radius 3 is 2.76 bits per heavy atom. The standard InChI is InChI=1S/C16H15FN4/c1-21(9-11-4-2-3-5-14(11)17)16-13-7-6-12(18)8-15(13)19-10-20-16/h2-8,10H,9,18H2,1H3. The van der Waals surface area contributed by atoms with Crippen LogP contribution in [0.15, 0.2) is 48.8 Å². The fourth-order valence-electron chi connectivity index (χ4n) is 2.32. The summed E-state index contributed by atoms with van der Waals surface area (Å²) in [4.78, 5) is 10.4. The molecule has 3 rings (SSSR count). The number of nitrogens with zero attached hydrogens (tertiary/aromatic N) is 3. The van der Waals surface area contributed by atoms with Crippen LogP contribution in [0.4, 0.5) is 15.9 Å². The topological polar surface area (TPSA) is 55.0 Å². The summed E-state index contributed by atoms with van der Waals surface area (Å²) in [7, 11) is 1.88. The van der Waals surface area contributed by atoms with Gasteiger partial charge in [0.2, 0.25) is 0 Å². The average molecular weight is 282 g/mol. The number of nitrogens with two attached hydrogens (primary N) is 1. The van der Waals surface area contributed by atoms with Gasteiger partial charge in [0.25, 0.3) is 0 Å². The molecule has 0 atom stereocenters. The van der Waals surface area contributed by atoms with Gasteiger partial charge in [-0.15, -0.1) is 0 Å². The lowest BCUT2D eigenvalue weighted by Gasteiger charge is -2.20.